The van der Waals surface area contributed by atoms with Crippen molar-refractivity contribution in [1.82, 2.24) is 14.1 Å². The number of likely N-dealkylation sites (tertiary alicyclic amines) is 1. The highest BCUT2D eigenvalue weighted by Gasteiger charge is 2.39. The Labute approximate surface area is 232 Å². The maximum absolute atomic E-state index is 13.4. The zero-order valence-electron chi connectivity index (χ0n) is 23.3. The van der Waals surface area contributed by atoms with E-state index in [1.807, 2.05) is 43.9 Å². The molecule has 1 N–H and O–H groups in total. The summed E-state index contributed by atoms with van der Waals surface area (Å²) in [6.07, 6.45) is 2.31. The Morgan fingerprint density at radius 2 is 1.85 bits per heavy atom. The minimum Gasteiger partial charge on any atom is -0.491 e. The highest BCUT2D eigenvalue weighted by atomic mass is 32.2. The first-order valence-electron chi connectivity index (χ1n) is 13.5. The molecule has 1 amide bonds. The number of carbonyl (C=O) groups is 1. The molecule has 2 saturated heterocycles. The van der Waals surface area contributed by atoms with Crippen LogP contribution >= 0.6 is 0 Å². The summed E-state index contributed by atoms with van der Waals surface area (Å²) in [7, 11) is -1.65. The summed E-state index contributed by atoms with van der Waals surface area (Å²) in [4.78, 5) is 20.9. The second-order valence-electron chi connectivity index (χ2n) is 10.9. The van der Waals surface area contributed by atoms with Gasteiger partial charge in [0.1, 0.15) is 5.75 Å². The fraction of sp³-hybridized carbons (Fsp3) is 0.517. The van der Waals surface area contributed by atoms with Crippen LogP contribution in [0.2, 0.25) is 0 Å². The van der Waals surface area contributed by atoms with E-state index in [9.17, 15) is 13.2 Å². The summed E-state index contributed by atoms with van der Waals surface area (Å²) in [5.74, 6) is 0.982. The van der Waals surface area contributed by atoms with E-state index in [1.165, 1.54) is 22.9 Å². The maximum atomic E-state index is 13.4. The van der Waals surface area contributed by atoms with Crippen LogP contribution in [-0.2, 0) is 14.8 Å². The first kappa shape index (κ1) is 29.0. The summed E-state index contributed by atoms with van der Waals surface area (Å²) in [5.41, 5.74) is 1.91. The number of piperidine rings is 1. The third-order valence-corrected chi connectivity index (χ3v) is 9.62. The molecule has 39 heavy (non-hydrogen) atoms. The predicted molar refractivity (Wildman–Crippen MR) is 153 cm³/mol. The van der Waals surface area contributed by atoms with Crippen molar-refractivity contribution < 1.29 is 17.9 Å². The molecule has 0 radical (unpaired) electrons. The number of para-hydroxylation sites is 1. The summed E-state index contributed by atoms with van der Waals surface area (Å²) >= 11 is 0. The van der Waals surface area contributed by atoms with Crippen LogP contribution in [0.15, 0.2) is 47.4 Å². The minimum absolute atomic E-state index is 0.118. The van der Waals surface area contributed by atoms with Crippen LogP contribution in [0, 0.1) is 19.4 Å². The molecule has 2 fully saturated rings. The number of amides is 1. The number of aryl methyl sites for hydroxylation is 1. The molecule has 2 aromatic rings. The van der Waals surface area contributed by atoms with Crippen LogP contribution in [0.1, 0.15) is 32.3 Å². The number of piperazine rings is 1. The smallest absolute Gasteiger partial charge is 0.242 e. The lowest BCUT2D eigenvalue weighted by atomic mass is 9.99. The number of hydrogen-bond acceptors (Lipinski definition) is 6. The van der Waals surface area contributed by atoms with Crippen molar-refractivity contribution in [2.24, 2.45) is 5.92 Å². The number of nitrogens with zero attached hydrogens (tertiary/aromatic N) is 4. The second-order valence-corrected chi connectivity index (χ2v) is 12.8. The fourth-order valence-corrected chi connectivity index (χ4v) is 7.62. The summed E-state index contributed by atoms with van der Waals surface area (Å²) in [6.45, 7) is 16.6. The number of rotatable bonds is 8. The van der Waals surface area contributed by atoms with Crippen molar-refractivity contribution in [2.45, 2.75) is 50.6 Å². The van der Waals surface area contributed by atoms with E-state index < -0.39 is 10.0 Å². The molecule has 9 nitrogen and oxygen atoms in total. The van der Waals surface area contributed by atoms with E-state index >= 15 is 0 Å². The Bertz CT molecular complexity index is 1310. The molecule has 0 aromatic heterocycles. The number of hydrogen-bond donors (Lipinski definition) is 1. The van der Waals surface area contributed by atoms with E-state index in [4.69, 9.17) is 11.3 Å². The number of anilines is 1. The summed E-state index contributed by atoms with van der Waals surface area (Å²) in [6, 6.07) is 11.2. The van der Waals surface area contributed by atoms with Gasteiger partial charge in [0.2, 0.25) is 15.9 Å². The quantitative estimate of drug-likeness (QED) is 0.498. The molecule has 0 bridgehead atoms. The third-order valence-electron chi connectivity index (χ3n) is 7.50. The molecule has 2 aliphatic heterocycles. The van der Waals surface area contributed by atoms with E-state index in [1.54, 1.807) is 12.1 Å². The molecule has 10 heteroatoms. The van der Waals surface area contributed by atoms with E-state index in [-0.39, 0.29) is 35.1 Å². The van der Waals surface area contributed by atoms with Gasteiger partial charge < -0.3 is 15.0 Å². The highest BCUT2D eigenvalue weighted by Crippen LogP contribution is 2.30. The Kier molecular flexibility index (Phi) is 9.28. The zero-order valence-corrected chi connectivity index (χ0v) is 24.1. The van der Waals surface area contributed by atoms with Crippen LogP contribution in [-0.4, -0.2) is 86.9 Å². The SMILES string of the molecule is [C-]#[N+]c1cccc(S(=O)(=O)N2C(C)CN(CC(=O)Nc3c(C)cccc3OCC3CCCN(C)C3)CC2C)c1. The van der Waals surface area contributed by atoms with Gasteiger partial charge >= 0.3 is 0 Å². The molecule has 2 aliphatic rings. The van der Waals surface area contributed by atoms with Gasteiger partial charge in [0.25, 0.3) is 0 Å². The van der Waals surface area contributed by atoms with Crippen LogP contribution < -0.4 is 10.1 Å². The average Bonchev–Trinajstić information content (AvgIpc) is 2.88. The molecule has 2 aromatic carbocycles. The highest BCUT2D eigenvalue weighted by molar-refractivity contribution is 7.89. The fourth-order valence-electron chi connectivity index (χ4n) is 5.78. The summed E-state index contributed by atoms with van der Waals surface area (Å²) < 4.78 is 34.5. The lowest BCUT2D eigenvalue weighted by molar-refractivity contribution is -0.118. The molecule has 210 valence electrons. The molecule has 0 aliphatic carbocycles. The maximum Gasteiger partial charge on any atom is 0.242 e. The first-order valence-corrected chi connectivity index (χ1v) is 15.0. The van der Waals surface area contributed by atoms with Crippen LogP contribution in [0.5, 0.6) is 5.75 Å². The van der Waals surface area contributed by atoms with Crippen molar-refractivity contribution in [2.75, 3.05) is 51.7 Å². The normalized spacial score (nSPS) is 23.2. The van der Waals surface area contributed by atoms with Gasteiger partial charge in [0, 0.05) is 37.6 Å². The standard InChI is InChI=1S/C29H39N5O4S/c1-21-9-6-13-27(38-20-24-10-8-14-32(5)18-24)29(21)31-28(35)19-33-16-22(2)34(23(3)17-33)39(36,37)26-12-7-11-25(15-26)30-4/h6-7,9,11-13,15,22-24H,8,10,14,16-20H2,1-3,5H3,(H,31,35). The van der Waals surface area contributed by atoms with Crippen LogP contribution in [0.3, 0.4) is 0 Å². The number of sulfonamides is 1. The van der Waals surface area contributed by atoms with Crippen molar-refractivity contribution in [3.8, 4) is 5.75 Å². The van der Waals surface area contributed by atoms with Gasteiger partial charge in [-0.25, -0.2) is 13.3 Å². The molecule has 0 saturated carbocycles. The van der Waals surface area contributed by atoms with Gasteiger partial charge in [0.05, 0.1) is 30.3 Å². The van der Waals surface area contributed by atoms with Gasteiger partial charge in [-0.15, -0.1) is 0 Å². The molecule has 3 unspecified atom stereocenters. The topological polar surface area (TPSA) is 86.5 Å². The lowest BCUT2D eigenvalue weighted by Gasteiger charge is -2.43. The second kappa shape index (κ2) is 12.5. The molecule has 4 rings (SSSR count). The van der Waals surface area contributed by atoms with Gasteiger partial charge in [0.15, 0.2) is 5.69 Å². The zero-order chi connectivity index (χ0) is 28.2. The van der Waals surface area contributed by atoms with Gasteiger partial charge in [-0.2, -0.15) is 4.31 Å². The van der Waals surface area contributed by atoms with Gasteiger partial charge in [-0.05, 0) is 71.0 Å². The average molecular weight is 554 g/mol. The first-order chi connectivity index (χ1) is 18.6. The number of carbonyl (C=O) groups excluding carboxylic acids is 1. The Balaban J connectivity index is 1.38. The number of nitrogens with one attached hydrogen (secondary N) is 1. The van der Waals surface area contributed by atoms with Gasteiger partial charge in [-0.1, -0.05) is 24.3 Å². The van der Waals surface area contributed by atoms with E-state index in [2.05, 4.69) is 22.1 Å². The summed E-state index contributed by atoms with van der Waals surface area (Å²) in [5, 5.41) is 3.06. The number of ether oxygens (including phenoxy) is 1. The van der Waals surface area contributed by atoms with Crippen LogP contribution in [0.25, 0.3) is 4.85 Å². The largest absolute Gasteiger partial charge is 0.491 e. The third kappa shape index (κ3) is 6.97. The van der Waals surface area contributed by atoms with Crippen molar-refractivity contribution in [3.63, 3.8) is 0 Å². The predicted octanol–water partition coefficient (Wildman–Crippen LogP) is 3.99. The van der Waals surface area contributed by atoms with E-state index in [0.29, 0.717) is 37.1 Å². The Morgan fingerprint density at radius 3 is 2.54 bits per heavy atom. The monoisotopic (exact) mass is 553 g/mol. The molecule has 2 heterocycles. The molecular weight excluding hydrogens is 514 g/mol. The molecule has 0 spiro atoms. The minimum atomic E-state index is -3.78. The Morgan fingerprint density at radius 1 is 1.13 bits per heavy atom. The molecular formula is C29H39N5O4S. The lowest BCUT2D eigenvalue weighted by Crippen LogP contribution is -2.59. The van der Waals surface area contributed by atoms with Crippen LogP contribution in [0.4, 0.5) is 11.4 Å². The van der Waals surface area contributed by atoms with Gasteiger partial charge in [-0.3, -0.25) is 9.69 Å². The Hall–Kier alpha value is -2.97. The van der Waals surface area contributed by atoms with Crippen molar-refractivity contribution in [1.29, 1.82) is 0 Å². The van der Waals surface area contributed by atoms with Crippen molar-refractivity contribution >= 4 is 27.3 Å². The van der Waals surface area contributed by atoms with E-state index in [0.717, 1.165) is 25.1 Å². The number of benzene rings is 2. The molecule has 3 atom stereocenters. The van der Waals surface area contributed by atoms with Crippen molar-refractivity contribution in [3.05, 3.63) is 59.4 Å².